The molecule has 0 aliphatic heterocycles. The van der Waals surface area contributed by atoms with Crippen LogP contribution in [0.1, 0.15) is 32.8 Å². The third kappa shape index (κ3) is 3.59. The molecule has 1 aromatic rings. The molecule has 0 N–H and O–H groups in total. The van der Waals surface area contributed by atoms with Gasteiger partial charge in [-0.1, -0.05) is 68.4 Å². The molecule has 96 valence electrons. The molecule has 0 saturated carbocycles. The van der Waals surface area contributed by atoms with E-state index in [1.807, 2.05) is 0 Å². The average Bonchev–Trinajstić information content (AvgIpc) is 2.40. The summed E-state index contributed by atoms with van der Waals surface area (Å²) in [6.07, 6.45) is 2.20. The van der Waals surface area contributed by atoms with Gasteiger partial charge in [0.05, 0.1) is 8.07 Å². The molecule has 0 bridgehead atoms. The molecule has 0 amide bonds. The fourth-order valence-electron chi connectivity index (χ4n) is 2.66. The summed E-state index contributed by atoms with van der Waals surface area (Å²) in [5.74, 6) is 0.763. The van der Waals surface area contributed by atoms with Crippen molar-refractivity contribution in [2.24, 2.45) is 0 Å². The fourth-order valence-corrected chi connectivity index (χ4v) is 6.39. The Morgan fingerprint density at radius 1 is 0.941 bits per heavy atom. The van der Waals surface area contributed by atoms with Crippen LogP contribution in [-0.4, -0.2) is 14.0 Å². The first-order valence-corrected chi connectivity index (χ1v) is 10.0. The molecule has 0 fully saturated rings. The van der Waals surface area contributed by atoms with Gasteiger partial charge in [0.1, 0.15) is 0 Å². The van der Waals surface area contributed by atoms with E-state index in [0.717, 1.165) is 18.7 Å². The third-order valence-corrected chi connectivity index (χ3v) is 10.1. The molecular weight excluding hydrogens is 244 g/mol. The highest BCUT2D eigenvalue weighted by Crippen LogP contribution is 2.20. The molecule has 17 heavy (non-hydrogen) atoms. The normalized spacial score (nSPS) is 11.8. The van der Waals surface area contributed by atoms with Crippen LogP contribution in [0, 0.1) is 0 Å². The highest BCUT2D eigenvalue weighted by Gasteiger charge is 2.28. The standard InChI is InChI=1S/C15H25ClSi/c1-4-17(5-2,6-3)15-11-9-14(10-12-15)8-7-13-16/h9-12H,4-8,13H2,1-3H3. The zero-order chi connectivity index (χ0) is 12.7. The first kappa shape index (κ1) is 14.8. The van der Waals surface area contributed by atoms with Crippen LogP contribution in [0.3, 0.4) is 0 Å². The molecule has 1 rings (SSSR count). The molecule has 2 heteroatoms. The first-order valence-electron chi connectivity index (χ1n) is 6.87. The maximum atomic E-state index is 5.73. The van der Waals surface area contributed by atoms with Gasteiger partial charge < -0.3 is 0 Å². The largest absolute Gasteiger partial charge is 0.127 e. The Morgan fingerprint density at radius 3 is 1.88 bits per heavy atom. The summed E-state index contributed by atoms with van der Waals surface area (Å²) in [5, 5.41) is 1.64. The molecule has 0 atom stereocenters. The second-order valence-electron chi connectivity index (χ2n) is 4.83. The predicted molar refractivity (Wildman–Crippen MR) is 82.3 cm³/mol. The van der Waals surface area contributed by atoms with Crippen LogP contribution in [0.4, 0.5) is 0 Å². The van der Waals surface area contributed by atoms with E-state index < -0.39 is 8.07 Å². The molecule has 0 spiro atoms. The fraction of sp³-hybridized carbons (Fsp3) is 0.600. The number of aryl methyl sites for hydroxylation is 1. The van der Waals surface area contributed by atoms with Crippen molar-refractivity contribution >= 4 is 24.9 Å². The van der Waals surface area contributed by atoms with E-state index in [9.17, 15) is 0 Å². The zero-order valence-electron chi connectivity index (χ0n) is 11.4. The predicted octanol–water partition coefficient (Wildman–Crippen LogP) is 4.57. The van der Waals surface area contributed by atoms with E-state index in [0.29, 0.717) is 0 Å². The van der Waals surface area contributed by atoms with Crippen molar-refractivity contribution in [2.45, 2.75) is 51.7 Å². The minimum atomic E-state index is -1.17. The SMILES string of the molecule is CC[Si](CC)(CC)c1ccc(CCCCl)cc1. The van der Waals surface area contributed by atoms with Crippen molar-refractivity contribution in [1.29, 1.82) is 0 Å². The van der Waals surface area contributed by atoms with Crippen LogP contribution in [-0.2, 0) is 6.42 Å². The van der Waals surface area contributed by atoms with Crippen molar-refractivity contribution in [2.75, 3.05) is 5.88 Å². The van der Waals surface area contributed by atoms with Gasteiger partial charge in [0.2, 0.25) is 0 Å². The lowest BCUT2D eigenvalue weighted by Gasteiger charge is -2.28. The minimum absolute atomic E-state index is 0.763. The van der Waals surface area contributed by atoms with Crippen molar-refractivity contribution in [3.05, 3.63) is 29.8 Å². The Kier molecular flexibility index (Phi) is 6.28. The summed E-state index contributed by atoms with van der Waals surface area (Å²) in [6, 6.07) is 13.5. The van der Waals surface area contributed by atoms with Crippen LogP contribution in [0.15, 0.2) is 24.3 Å². The van der Waals surface area contributed by atoms with Crippen LogP contribution < -0.4 is 5.19 Å². The molecular formula is C15H25ClSi. The lowest BCUT2D eigenvalue weighted by molar-refractivity contribution is 0.929. The van der Waals surface area contributed by atoms with Gasteiger partial charge in [0.15, 0.2) is 0 Å². The number of benzene rings is 1. The lowest BCUT2D eigenvalue weighted by Crippen LogP contribution is -2.45. The topological polar surface area (TPSA) is 0 Å². The summed E-state index contributed by atoms with van der Waals surface area (Å²) in [4.78, 5) is 0. The van der Waals surface area contributed by atoms with Gasteiger partial charge in [0, 0.05) is 5.88 Å². The highest BCUT2D eigenvalue weighted by atomic mass is 35.5. The summed E-state index contributed by atoms with van der Waals surface area (Å²) in [5.41, 5.74) is 1.43. The van der Waals surface area contributed by atoms with Crippen LogP contribution in [0.25, 0.3) is 0 Å². The van der Waals surface area contributed by atoms with Gasteiger partial charge in [-0.15, -0.1) is 11.6 Å². The molecule has 0 aliphatic carbocycles. The average molecular weight is 269 g/mol. The summed E-state index contributed by atoms with van der Waals surface area (Å²) >= 11 is 5.73. The van der Waals surface area contributed by atoms with Gasteiger partial charge in [-0.3, -0.25) is 0 Å². The number of rotatable bonds is 7. The quantitative estimate of drug-likeness (QED) is 0.502. The van der Waals surface area contributed by atoms with Crippen molar-refractivity contribution in [3.63, 3.8) is 0 Å². The molecule has 0 saturated heterocycles. The summed E-state index contributed by atoms with van der Waals surface area (Å²) < 4.78 is 0. The van der Waals surface area contributed by atoms with Crippen molar-refractivity contribution < 1.29 is 0 Å². The highest BCUT2D eigenvalue weighted by molar-refractivity contribution is 6.91. The second kappa shape index (κ2) is 7.23. The second-order valence-corrected chi connectivity index (χ2v) is 10.5. The van der Waals surface area contributed by atoms with Crippen LogP contribution in [0.5, 0.6) is 0 Å². The first-order chi connectivity index (χ1) is 8.22. The van der Waals surface area contributed by atoms with E-state index >= 15 is 0 Å². The monoisotopic (exact) mass is 268 g/mol. The van der Waals surface area contributed by atoms with Crippen LogP contribution >= 0.6 is 11.6 Å². The third-order valence-electron chi connectivity index (χ3n) is 4.20. The van der Waals surface area contributed by atoms with Gasteiger partial charge in [-0.25, -0.2) is 0 Å². The molecule has 0 heterocycles. The molecule has 0 nitrogen and oxygen atoms in total. The maximum Gasteiger partial charge on any atom is 0.0859 e. The van der Waals surface area contributed by atoms with Gasteiger partial charge in [-0.05, 0) is 18.4 Å². The van der Waals surface area contributed by atoms with E-state index in [1.165, 1.54) is 23.7 Å². The number of hydrogen-bond acceptors (Lipinski definition) is 0. The molecule has 0 aliphatic rings. The van der Waals surface area contributed by atoms with E-state index in [-0.39, 0.29) is 0 Å². The Labute approximate surface area is 112 Å². The molecule has 1 aromatic carbocycles. The van der Waals surface area contributed by atoms with E-state index in [4.69, 9.17) is 11.6 Å². The van der Waals surface area contributed by atoms with E-state index in [1.54, 1.807) is 5.19 Å². The minimum Gasteiger partial charge on any atom is -0.127 e. The molecule has 0 unspecified atom stereocenters. The Hall–Kier alpha value is -0.273. The van der Waals surface area contributed by atoms with Gasteiger partial charge in [-0.2, -0.15) is 0 Å². The van der Waals surface area contributed by atoms with Gasteiger partial charge >= 0.3 is 0 Å². The number of alkyl halides is 1. The molecule has 0 aromatic heterocycles. The Morgan fingerprint density at radius 2 is 1.47 bits per heavy atom. The lowest BCUT2D eigenvalue weighted by atomic mass is 10.1. The van der Waals surface area contributed by atoms with E-state index in [2.05, 4.69) is 45.0 Å². The summed E-state index contributed by atoms with van der Waals surface area (Å²) in [6.45, 7) is 7.09. The van der Waals surface area contributed by atoms with Crippen LogP contribution in [0.2, 0.25) is 18.1 Å². The molecule has 0 radical (unpaired) electrons. The maximum absolute atomic E-state index is 5.73. The Bertz CT molecular complexity index is 306. The van der Waals surface area contributed by atoms with Crippen molar-refractivity contribution in [3.8, 4) is 0 Å². The smallest absolute Gasteiger partial charge is 0.0859 e. The zero-order valence-corrected chi connectivity index (χ0v) is 13.2. The number of hydrogen-bond donors (Lipinski definition) is 0. The summed E-state index contributed by atoms with van der Waals surface area (Å²) in [7, 11) is -1.17. The van der Waals surface area contributed by atoms with Crippen molar-refractivity contribution in [1.82, 2.24) is 0 Å². The Balaban J connectivity index is 2.84. The number of halogens is 1. The van der Waals surface area contributed by atoms with Gasteiger partial charge in [0.25, 0.3) is 0 Å².